The molecular formula is C60H40N2S. The summed E-state index contributed by atoms with van der Waals surface area (Å²) in [5.74, 6) is 0.705. The van der Waals surface area contributed by atoms with E-state index in [1.54, 1.807) is 0 Å². The summed E-state index contributed by atoms with van der Waals surface area (Å²) in [5, 5.41) is 2.63. The predicted molar refractivity (Wildman–Crippen MR) is 265 cm³/mol. The summed E-state index contributed by atoms with van der Waals surface area (Å²) in [5.41, 5.74) is 18.3. The Labute approximate surface area is 371 Å². The molecular weight excluding hydrogens is 781 g/mol. The van der Waals surface area contributed by atoms with Crippen molar-refractivity contribution >= 4 is 31.5 Å². The Kier molecular flexibility index (Phi) is 8.84. The lowest BCUT2D eigenvalue weighted by atomic mass is 9.73. The summed E-state index contributed by atoms with van der Waals surface area (Å²) in [6, 6.07) is 81.2. The van der Waals surface area contributed by atoms with Crippen molar-refractivity contribution < 1.29 is 0 Å². The number of nitrogens with zero attached hydrogens (tertiary/aromatic N) is 2. The monoisotopic (exact) mass is 820 g/mol. The average Bonchev–Trinajstić information content (AvgIpc) is 3.87. The van der Waals surface area contributed by atoms with Gasteiger partial charge in [0.2, 0.25) is 0 Å². The van der Waals surface area contributed by atoms with Crippen LogP contribution < -0.4 is 0 Å². The van der Waals surface area contributed by atoms with Crippen molar-refractivity contribution in [2.45, 2.75) is 12.3 Å². The van der Waals surface area contributed by atoms with E-state index in [9.17, 15) is 0 Å². The first-order valence-electron chi connectivity index (χ1n) is 21.6. The van der Waals surface area contributed by atoms with E-state index in [0.717, 1.165) is 33.6 Å². The Bertz CT molecular complexity index is 3500. The third-order valence-corrected chi connectivity index (χ3v) is 14.1. The molecule has 1 aliphatic rings. The summed E-state index contributed by atoms with van der Waals surface area (Å²) in [6.07, 6.45) is 0. The van der Waals surface area contributed by atoms with Crippen molar-refractivity contribution in [3.05, 3.63) is 241 Å². The molecule has 1 atom stereocenters. The summed E-state index contributed by atoms with van der Waals surface area (Å²) in [6.45, 7) is 2.39. The van der Waals surface area contributed by atoms with Crippen molar-refractivity contribution in [1.82, 2.24) is 9.97 Å². The van der Waals surface area contributed by atoms with Gasteiger partial charge in [0.25, 0.3) is 0 Å². The van der Waals surface area contributed by atoms with Crippen LogP contribution in [-0.2, 0) is 5.41 Å². The molecule has 0 saturated heterocycles. The average molecular weight is 821 g/mol. The number of thiophene rings is 1. The molecule has 12 rings (SSSR count). The standard InChI is InChI=1S/C60H40N2S/c1-60(47-21-9-4-10-22-47)52-25-14-24-48(40-15-5-2-6-16-40)58(52)51-34-32-44(36-53(51)60)43-19-13-20-46(35-43)55-38-54(61-59(62-55)42-17-7-3-8-18-42)41-29-27-39(28-30-41)45-31-33-50-49-23-11-12-26-56(49)63-57(50)37-45/h2-38H,1H3. The summed E-state index contributed by atoms with van der Waals surface area (Å²) in [4.78, 5) is 10.4. The molecule has 0 fully saturated rings. The SMILES string of the molecule is CC1(c2ccccc2)c2cc(-c3cccc(-c4cc(-c5ccc(-c6ccc7c(c6)sc6ccccc67)cc5)nc(-c5ccccc5)n4)c3)ccc2-c2c(-c3ccccc3)cccc21. The van der Waals surface area contributed by atoms with E-state index in [1.165, 1.54) is 75.8 Å². The molecule has 11 aromatic rings. The van der Waals surface area contributed by atoms with Crippen molar-refractivity contribution in [3.63, 3.8) is 0 Å². The van der Waals surface area contributed by atoms with Crippen LogP contribution >= 0.6 is 11.3 Å². The number of benzene rings is 9. The first-order chi connectivity index (χ1) is 31.1. The quantitative estimate of drug-likeness (QED) is 0.160. The molecule has 1 unspecified atom stereocenters. The fraction of sp³-hybridized carbons (Fsp3) is 0.0333. The lowest BCUT2D eigenvalue weighted by Crippen LogP contribution is -2.22. The van der Waals surface area contributed by atoms with E-state index < -0.39 is 0 Å². The highest BCUT2D eigenvalue weighted by Crippen LogP contribution is 2.56. The van der Waals surface area contributed by atoms with Gasteiger partial charge in [0.05, 0.1) is 11.4 Å². The Morgan fingerprint density at radius 1 is 0.349 bits per heavy atom. The third kappa shape index (κ3) is 6.31. The minimum atomic E-state index is -0.336. The lowest BCUT2D eigenvalue weighted by molar-refractivity contribution is 0.714. The van der Waals surface area contributed by atoms with E-state index in [2.05, 4.69) is 213 Å². The fourth-order valence-electron chi connectivity index (χ4n) is 9.76. The highest BCUT2D eigenvalue weighted by Gasteiger charge is 2.42. The number of hydrogen-bond donors (Lipinski definition) is 0. The fourth-order valence-corrected chi connectivity index (χ4v) is 10.9. The van der Waals surface area contributed by atoms with Crippen molar-refractivity contribution in [2.24, 2.45) is 0 Å². The predicted octanol–water partition coefficient (Wildman–Crippen LogP) is 16.2. The Morgan fingerprint density at radius 2 is 0.921 bits per heavy atom. The van der Waals surface area contributed by atoms with Gasteiger partial charge in [-0.3, -0.25) is 0 Å². The van der Waals surface area contributed by atoms with E-state index >= 15 is 0 Å². The van der Waals surface area contributed by atoms with Crippen LogP contribution in [0.4, 0.5) is 0 Å². The smallest absolute Gasteiger partial charge is 0.160 e. The minimum Gasteiger partial charge on any atom is -0.228 e. The number of rotatable bonds is 7. The molecule has 1 aliphatic carbocycles. The van der Waals surface area contributed by atoms with Gasteiger partial charge in [-0.05, 0) is 98.5 Å². The van der Waals surface area contributed by atoms with Crippen LogP contribution in [0.3, 0.4) is 0 Å². The van der Waals surface area contributed by atoms with Crippen molar-refractivity contribution in [3.8, 4) is 78.4 Å². The summed E-state index contributed by atoms with van der Waals surface area (Å²) >= 11 is 1.85. The second kappa shape index (κ2) is 15.0. The lowest BCUT2D eigenvalue weighted by Gasteiger charge is -2.29. The van der Waals surface area contributed by atoms with Gasteiger partial charge >= 0.3 is 0 Å². The third-order valence-electron chi connectivity index (χ3n) is 13.0. The van der Waals surface area contributed by atoms with Gasteiger partial charge in [0, 0.05) is 42.3 Å². The van der Waals surface area contributed by atoms with E-state index in [0.29, 0.717) is 5.82 Å². The van der Waals surface area contributed by atoms with Crippen LogP contribution in [0.2, 0.25) is 0 Å². The molecule has 63 heavy (non-hydrogen) atoms. The molecule has 2 nitrogen and oxygen atoms in total. The largest absolute Gasteiger partial charge is 0.228 e. The summed E-state index contributed by atoms with van der Waals surface area (Å²) < 4.78 is 2.63. The van der Waals surface area contributed by atoms with Crippen molar-refractivity contribution in [2.75, 3.05) is 0 Å². The van der Waals surface area contributed by atoms with Gasteiger partial charge < -0.3 is 0 Å². The van der Waals surface area contributed by atoms with E-state index in [1.807, 2.05) is 29.5 Å². The first-order valence-corrected chi connectivity index (χ1v) is 22.4. The maximum Gasteiger partial charge on any atom is 0.160 e. The molecule has 0 saturated carbocycles. The van der Waals surface area contributed by atoms with Gasteiger partial charge in [-0.2, -0.15) is 0 Å². The second-order valence-corrected chi connectivity index (χ2v) is 17.7. The number of fused-ring (bicyclic) bond motifs is 6. The highest BCUT2D eigenvalue weighted by molar-refractivity contribution is 7.25. The zero-order valence-electron chi connectivity index (χ0n) is 34.7. The number of hydrogen-bond acceptors (Lipinski definition) is 3. The molecule has 0 bridgehead atoms. The second-order valence-electron chi connectivity index (χ2n) is 16.6. The Hall–Kier alpha value is -7.72. The van der Waals surface area contributed by atoms with Crippen LogP contribution in [-0.4, -0.2) is 9.97 Å². The van der Waals surface area contributed by atoms with Gasteiger partial charge in [0.1, 0.15) is 0 Å². The molecule has 3 heteroatoms. The molecule has 0 aliphatic heterocycles. The first kappa shape index (κ1) is 37.1. The molecule has 2 heterocycles. The van der Waals surface area contributed by atoms with Gasteiger partial charge in [-0.25, -0.2) is 9.97 Å². The maximum atomic E-state index is 5.22. The zero-order chi connectivity index (χ0) is 41.9. The molecule has 296 valence electrons. The molecule has 0 N–H and O–H groups in total. The summed E-state index contributed by atoms with van der Waals surface area (Å²) in [7, 11) is 0. The van der Waals surface area contributed by atoms with E-state index in [-0.39, 0.29) is 5.41 Å². The molecule has 0 radical (unpaired) electrons. The van der Waals surface area contributed by atoms with Crippen LogP contribution in [0.25, 0.3) is 98.6 Å². The van der Waals surface area contributed by atoms with Crippen LogP contribution in [0.5, 0.6) is 0 Å². The van der Waals surface area contributed by atoms with Crippen LogP contribution in [0.15, 0.2) is 224 Å². The molecule has 0 spiro atoms. The molecule has 2 aromatic heterocycles. The maximum absolute atomic E-state index is 5.22. The van der Waals surface area contributed by atoms with E-state index in [4.69, 9.17) is 9.97 Å². The van der Waals surface area contributed by atoms with Gasteiger partial charge in [-0.1, -0.05) is 194 Å². The number of aromatic nitrogens is 2. The van der Waals surface area contributed by atoms with Crippen LogP contribution in [0, 0.1) is 0 Å². The highest BCUT2D eigenvalue weighted by atomic mass is 32.1. The van der Waals surface area contributed by atoms with Gasteiger partial charge in [0.15, 0.2) is 5.82 Å². The zero-order valence-corrected chi connectivity index (χ0v) is 35.5. The Morgan fingerprint density at radius 3 is 1.71 bits per heavy atom. The molecule has 0 amide bonds. The van der Waals surface area contributed by atoms with Crippen LogP contribution in [0.1, 0.15) is 23.6 Å². The van der Waals surface area contributed by atoms with Crippen molar-refractivity contribution in [1.29, 1.82) is 0 Å². The minimum absolute atomic E-state index is 0.336. The Balaban J connectivity index is 0.940. The molecule has 9 aromatic carbocycles. The van der Waals surface area contributed by atoms with Gasteiger partial charge in [-0.15, -0.1) is 11.3 Å². The topological polar surface area (TPSA) is 25.8 Å². The normalized spacial score (nSPS) is 14.2.